The van der Waals surface area contributed by atoms with Gasteiger partial charge in [0.15, 0.2) is 0 Å². The van der Waals surface area contributed by atoms with Crippen molar-refractivity contribution in [3.8, 4) is 0 Å². The summed E-state index contributed by atoms with van der Waals surface area (Å²) in [7, 11) is 0. The van der Waals surface area contributed by atoms with Crippen molar-refractivity contribution in [2.24, 2.45) is 0 Å². The van der Waals surface area contributed by atoms with Gasteiger partial charge in [0, 0.05) is 98.2 Å². The Morgan fingerprint density at radius 3 is 0.642 bits per heavy atom. The summed E-state index contributed by atoms with van der Waals surface area (Å²) in [6, 6.07) is 0. The molecule has 5 unspecified atom stereocenters. The van der Waals surface area contributed by atoms with Crippen LogP contribution in [-0.2, 0) is 0 Å². The molecule has 1 saturated heterocycles. The van der Waals surface area contributed by atoms with Crippen LogP contribution in [0.5, 0.6) is 0 Å². The van der Waals surface area contributed by atoms with E-state index in [0.717, 1.165) is 130 Å². The predicted molar refractivity (Wildman–Crippen MR) is 353 cm³/mol. The first kappa shape index (κ1) is 78.6. The van der Waals surface area contributed by atoms with Crippen LogP contribution in [-0.4, -0.2) is 179 Å². The number of aliphatic hydroxyl groups excluding tert-OH is 5. The quantitative estimate of drug-likeness (QED) is 0.0377. The van der Waals surface area contributed by atoms with Crippen molar-refractivity contribution >= 4 is 0 Å². The summed E-state index contributed by atoms with van der Waals surface area (Å²) in [6.07, 6.45) is 54.7. The molecule has 1 fully saturated rings. The fraction of sp³-hybridized carbons (Fsp3) is 1.00. The molecule has 0 saturated carbocycles. The van der Waals surface area contributed by atoms with Gasteiger partial charge in [-0.3, -0.25) is 24.5 Å². The lowest BCUT2D eigenvalue weighted by molar-refractivity contribution is 0.0419. The summed E-state index contributed by atoms with van der Waals surface area (Å²) >= 11 is 0. The molecule has 0 radical (unpaired) electrons. The fourth-order valence-electron chi connectivity index (χ4n) is 12.6. The summed E-state index contributed by atoms with van der Waals surface area (Å²) in [6.45, 7) is 24.0. The maximum atomic E-state index is 11.5. The van der Waals surface area contributed by atoms with E-state index in [1.807, 2.05) is 0 Å². The number of rotatable bonds is 65. The molecule has 1 rings (SSSR count). The molecule has 1 heterocycles. The molecule has 5 N–H and O–H groups in total. The largest absolute Gasteiger partial charge is 0.392 e. The van der Waals surface area contributed by atoms with Crippen molar-refractivity contribution in [1.82, 2.24) is 24.5 Å². The SMILES string of the molecule is CCCCCCCCCCCC(O)CN(CCN1CCN(CCN(CCN(CC(O)CCCCCCCCCC)CC(O)CCCCCCCCCC)CC(O)CCCCCCCCCC)CC1)CC(O)CCCCCCCCCC. The van der Waals surface area contributed by atoms with Crippen LogP contribution in [0.15, 0.2) is 0 Å². The Morgan fingerprint density at radius 1 is 0.235 bits per heavy atom. The van der Waals surface area contributed by atoms with Crippen LogP contribution in [0, 0.1) is 0 Å². The normalized spacial score (nSPS) is 15.7. The van der Waals surface area contributed by atoms with Gasteiger partial charge >= 0.3 is 0 Å². The zero-order valence-electron chi connectivity index (χ0n) is 55.5. The third-order valence-corrected chi connectivity index (χ3v) is 18.2. The molecule has 5 atom stereocenters. The minimum atomic E-state index is -0.385. The Morgan fingerprint density at radius 2 is 0.407 bits per heavy atom. The molecule has 486 valence electrons. The van der Waals surface area contributed by atoms with Crippen LogP contribution in [0.25, 0.3) is 0 Å². The van der Waals surface area contributed by atoms with Crippen molar-refractivity contribution in [3.05, 3.63) is 0 Å². The highest BCUT2D eigenvalue weighted by atomic mass is 16.3. The Kier molecular flexibility index (Phi) is 58.1. The maximum absolute atomic E-state index is 11.5. The molecule has 10 nitrogen and oxygen atoms in total. The Hall–Kier alpha value is -0.400. The molecular formula is C71H147N5O5. The van der Waals surface area contributed by atoms with E-state index in [-0.39, 0.29) is 30.5 Å². The molecule has 0 aliphatic carbocycles. The second kappa shape index (κ2) is 59.9. The third-order valence-electron chi connectivity index (χ3n) is 18.2. The van der Waals surface area contributed by atoms with E-state index in [1.54, 1.807) is 0 Å². The van der Waals surface area contributed by atoms with E-state index in [1.165, 1.54) is 231 Å². The third kappa shape index (κ3) is 52.4. The summed E-state index contributed by atoms with van der Waals surface area (Å²) in [5.41, 5.74) is 0. The van der Waals surface area contributed by atoms with E-state index in [9.17, 15) is 25.5 Å². The van der Waals surface area contributed by atoms with Crippen molar-refractivity contribution in [1.29, 1.82) is 0 Å². The molecule has 0 aromatic heterocycles. The average molecular weight is 1150 g/mol. The topological polar surface area (TPSA) is 117 Å². The predicted octanol–water partition coefficient (Wildman–Crippen LogP) is 16.4. The number of hydrogen-bond acceptors (Lipinski definition) is 10. The molecule has 0 aromatic rings. The highest BCUT2D eigenvalue weighted by Gasteiger charge is 2.23. The molecule has 0 aromatic carbocycles. The Balaban J connectivity index is 2.94. The van der Waals surface area contributed by atoms with Crippen molar-refractivity contribution in [3.63, 3.8) is 0 Å². The standard InChI is InChI=1S/C71H147N5O5/c1-6-11-16-21-26-31-36-41-46-49-69(79)64-75(63-68(78)48-43-38-33-28-23-18-13-8-3)60-57-73-54-52-72(53-55-73)56-58-74(62-67(77)47-42-37-32-27-22-17-12-7-2)59-61-76(65-70(80)50-44-39-34-29-24-19-14-9-4)66-71(81)51-45-40-35-30-25-20-15-10-5/h67-71,77-81H,6-66H2,1-5H3. The van der Waals surface area contributed by atoms with E-state index >= 15 is 0 Å². The Labute approximate surface area is 506 Å². The number of unbranched alkanes of at least 4 members (excludes halogenated alkanes) is 36. The van der Waals surface area contributed by atoms with Gasteiger partial charge in [-0.05, 0) is 32.1 Å². The minimum Gasteiger partial charge on any atom is -0.392 e. The lowest BCUT2D eigenvalue weighted by Gasteiger charge is -2.37. The average Bonchev–Trinajstić information content (AvgIpc) is 3.45. The van der Waals surface area contributed by atoms with E-state index in [2.05, 4.69) is 59.1 Å². The molecule has 0 bridgehead atoms. The number of aliphatic hydroxyl groups is 5. The second-order valence-electron chi connectivity index (χ2n) is 26.4. The van der Waals surface area contributed by atoms with E-state index < -0.39 is 0 Å². The molecule has 0 amide bonds. The first-order valence-corrected chi connectivity index (χ1v) is 36.7. The van der Waals surface area contributed by atoms with Gasteiger partial charge in [0.1, 0.15) is 0 Å². The summed E-state index contributed by atoms with van der Waals surface area (Å²) in [4.78, 5) is 12.5. The van der Waals surface area contributed by atoms with Crippen LogP contribution in [0.2, 0.25) is 0 Å². The zero-order valence-corrected chi connectivity index (χ0v) is 55.5. The van der Waals surface area contributed by atoms with Gasteiger partial charge in [0.2, 0.25) is 0 Å². The first-order chi connectivity index (χ1) is 39.6. The smallest absolute Gasteiger partial charge is 0.0667 e. The molecule has 10 heteroatoms. The first-order valence-electron chi connectivity index (χ1n) is 36.7. The molecule has 1 aliphatic rings. The van der Waals surface area contributed by atoms with Gasteiger partial charge < -0.3 is 25.5 Å². The lowest BCUT2D eigenvalue weighted by atomic mass is 10.0. The summed E-state index contributed by atoms with van der Waals surface area (Å²) in [5, 5.41) is 57.0. The lowest BCUT2D eigenvalue weighted by Crippen LogP contribution is -2.51. The number of piperazine rings is 1. The van der Waals surface area contributed by atoms with Gasteiger partial charge in [-0.1, -0.05) is 298 Å². The zero-order chi connectivity index (χ0) is 58.9. The van der Waals surface area contributed by atoms with Crippen molar-refractivity contribution in [2.75, 3.05) is 98.2 Å². The van der Waals surface area contributed by atoms with Crippen LogP contribution in [0.1, 0.15) is 330 Å². The summed E-state index contributed by atoms with van der Waals surface area (Å²) in [5.74, 6) is 0. The summed E-state index contributed by atoms with van der Waals surface area (Å²) < 4.78 is 0. The number of hydrogen-bond donors (Lipinski definition) is 5. The van der Waals surface area contributed by atoms with Gasteiger partial charge in [-0.15, -0.1) is 0 Å². The van der Waals surface area contributed by atoms with Gasteiger partial charge in [-0.25, -0.2) is 0 Å². The van der Waals surface area contributed by atoms with Crippen LogP contribution in [0.3, 0.4) is 0 Å². The van der Waals surface area contributed by atoms with Crippen molar-refractivity contribution in [2.45, 2.75) is 360 Å². The van der Waals surface area contributed by atoms with Gasteiger partial charge in [-0.2, -0.15) is 0 Å². The Bertz CT molecular complexity index is 1200. The maximum Gasteiger partial charge on any atom is 0.0667 e. The highest BCUT2D eigenvalue weighted by molar-refractivity contribution is 4.79. The van der Waals surface area contributed by atoms with Gasteiger partial charge in [0.25, 0.3) is 0 Å². The molecule has 81 heavy (non-hydrogen) atoms. The van der Waals surface area contributed by atoms with Crippen LogP contribution >= 0.6 is 0 Å². The van der Waals surface area contributed by atoms with Crippen LogP contribution in [0.4, 0.5) is 0 Å². The minimum absolute atomic E-state index is 0.342. The van der Waals surface area contributed by atoms with E-state index in [0.29, 0.717) is 32.7 Å². The molecule has 0 spiro atoms. The number of nitrogens with zero attached hydrogens (tertiary/aromatic N) is 5. The monoisotopic (exact) mass is 1150 g/mol. The van der Waals surface area contributed by atoms with Gasteiger partial charge in [0.05, 0.1) is 30.5 Å². The molecule has 1 aliphatic heterocycles. The second-order valence-corrected chi connectivity index (χ2v) is 26.4. The van der Waals surface area contributed by atoms with Crippen molar-refractivity contribution < 1.29 is 25.5 Å². The molecular weight excluding hydrogens is 1000 g/mol. The van der Waals surface area contributed by atoms with E-state index in [4.69, 9.17) is 0 Å². The van der Waals surface area contributed by atoms with Crippen LogP contribution < -0.4 is 0 Å². The fourth-order valence-corrected chi connectivity index (χ4v) is 12.6. The highest BCUT2D eigenvalue weighted by Crippen LogP contribution is 2.18.